The van der Waals surface area contributed by atoms with Crippen molar-refractivity contribution >= 4 is 11.0 Å². The van der Waals surface area contributed by atoms with E-state index in [1.54, 1.807) is 0 Å². The summed E-state index contributed by atoms with van der Waals surface area (Å²) >= 11 is 0. The van der Waals surface area contributed by atoms with Crippen LogP contribution in [0.25, 0.3) is 16.7 Å². The number of likely N-dealkylation sites (tertiary alicyclic amines) is 1. The Balaban J connectivity index is 1.14. The molecule has 0 spiro atoms. The molecule has 152 valence electrons. The molecular formula is C24H26N6. The molecule has 0 amide bonds. The summed E-state index contributed by atoms with van der Waals surface area (Å²) in [5.74, 6) is 3.20. The molecule has 6 nitrogen and oxygen atoms in total. The summed E-state index contributed by atoms with van der Waals surface area (Å²) in [6.45, 7) is 3.15. The zero-order valence-corrected chi connectivity index (χ0v) is 17.0. The molecule has 2 aromatic heterocycles. The Hall–Kier alpha value is -2.99. The smallest absolute Gasteiger partial charge is 0.155 e. The second kappa shape index (κ2) is 7.36. The summed E-state index contributed by atoms with van der Waals surface area (Å²) in [6, 6.07) is 17.1. The number of para-hydroxylation sites is 2. The Bertz CT molecular complexity index is 1150. The van der Waals surface area contributed by atoms with Crippen molar-refractivity contribution < 1.29 is 0 Å². The third-order valence-corrected chi connectivity index (χ3v) is 6.43. The lowest BCUT2D eigenvalue weighted by atomic mass is 9.97. The van der Waals surface area contributed by atoms with Gasteiger partial charge in [0.25, 0.3) is 0 Å². The predicted molar refractivity (Wildman–Crippen MR) is 117 cm³/mol. The zero-order chi connectivity index (χ0) is 19.9. The molecule has 2 fully saturated rings. The molecule has 1 unspecified atom stereocenters. The van der Waals surface area contributed by atoms with Crippen molar-refractivity contribution in [2.24, 2.45) is 0 Å². The Morgan fingerprint density at radius 1 is 0.967 bits per heavy atom. The number of hydrogen-bond donors (Lipinski definition) is 1. The van der Waals surface area contributed by atoms with Gasteiger partial charge in [-0.3, -0.25) is 14.6 Å². The Morgan fingerprint density at radius 3 is 2.70 bits per heavy atom. The van der Waals surface area contributed by atoms with Crippen molar-refractivity contribution in [3.63, 3.8) is 0 Å². The van der Waals surface area contributed by atoms with Gasteiger partial charge in [0.1, 0.15) is 12.2 Å². The number of nitrogens with one attached hydrogen (secondary N) is 1. The summed E-state index contributed by atoms with van der Waals surface area (Å²) in [4.78, 5) is 11.8. The van der Waals surface area contributed by atoms with Gasteiger partial charge in [0, 0.05) is 30.6 Å². The van der Waals surface area contributed by atoms with Crippen LogP contribution in [0.15, 0.2) is 54.9 Å². The van der Waals surface area contributed by atoms with Crippen molar-refractivity contribution in [2.75, 3.05) is 13.1 Å². The van der Waals surface area contributed by atoms with Gasteiger partial charge >= 0.3 is 0 Å². The monoisotopic (exact) mass is 398 g/mol. The van der Waals surface area contributed by atoms with Crippen molar-refractivity contribution in [3.8, 4) is 5.69 Å². The van der Waals surface area contributed by atoms with Crippen molar-refractivity contribution in [2.45, 2.75) is 44.1 Å². The summed E-state index contributed by atoms with van der Waals surface area (Å²) in [6.07, 6.45) is 6.82. The lowest BCUT2D eigenvalue weighted by Crippen LogP contribution is -2.34. The van der Waals surface area contributed by atoms with Gasteiger partial charge < -0.3 is 0 Å². The van der Waals surface area contributed by atoms with E-state index in [1.807, 2.05) is 12.4 Å². The van der Waals surface area contributed by atoms with Gasteiger partial charge in [-0.2, -0.15) is 5.10 Å². The first-order valence-corrected chi connectivity index (χ1v) is 11.0. The average molecular weight is 399 g/mol. The molecule has 4 aromatic rings. The normalized spacial score (nSPS) is 20.1. The zero-order valence-electron chi connectivity index (χ0n) is 17.0. The SMILES string of the molecule is c1ccc2c(c1)ncn2-c1ccc(CN2CCCC(c3n[nH]c(C4CC4)n3)C2)cc1. The number of benzene rings is 2. The fourth-order valence-electron chi connectivity index (χ4n) is 4.60. The van der Waals surface area contributed by atoms with Gasteiger partial charge in [-0.1, -0.05) is 24.3 Å². The number of H-pyrrole nitrogens is 1. The second-order valence-corrected chi connectivity index (χ2v) is 8.70. The van der Waals surface area contributed by atoms with Crippen LogP contribution in [0.1, 0.15) is 54.7 Å². The number of nitrogens with zero attached hydrogens (tertiary/aromatic N) is 5. The summed E-state index contributed by atoms with van der Waals surface area (Å²) < 4.78 is 2.15. The number of aromatic amines is 1. The van der Waals surface area contributed by atoms with Crippen LogP contribution in [0.2, 0.25) is 0 Å². The fraction of sp³-hybridized carbons (Fsp3) is 0.375. The molecule has 1 aliphatic heterocycles. The van der Waals surface area contributed by atoms with E-state index in [1.165, 1.54) is 31.2 Å². The second-order valence-electron chi connectivity index (χ2n) is 8.70. The predicted octanol–water partition coefficient (Wildman–Crippen LogP) is 4.40. The molecular weight excluding hydrogens is 372 g/mol. The molecule has 30 heavy (non-hydrogen) atoms. The Labute approximate surface area is 176 Å². The lowest BCUT2D eigenvalue weighted by Gasteiger charge is -2.31. The molecule has 6 heteroatoms. The van der Waals surface area contributed by atoms with Crippen LogP contribution in [0.5, 0.6) is 0 Å². The minimum atomic E-state index is 0.444. The first-order chi connectivity index (χ1) is 14.8. The maximum atomic E-state index is 4.80. The van der Waals surface area contributed by atoms with E-state index < -0.39 is 0 Å². The van der Waals surface area contributed by atoms with E-state index in [0.29, 0.717) is 11.8 Å². The number of aromatic nitrogens is 5. The molecule has 1 saturated heterocycles. The topological polar surface area (TPSA) is 62.6 Å². The van der Waals surface area contributed by atoms with Gasteiger partial charge in [0.05, 0.1) is 11.0 Å². The molecule has 0 radical (unpaired) electrons. The van der Waals surface area contributed by atoms with E-state index in [-0.39, 0.29) is 0 Å². The van der Waals surface area contributed by atoms with Crippen LogP contribution in [0.3, 0.4) is 0 Å². The number of piperidine rings is 1. The van der Waals surface area contributed by atoms with Crippen LogP contribution < -0.4 is 0 Å². The molecule has 2 aliphatic rings. The van der Waals surface area contributed by atoms with Crippen LogP contribution in [-0.4, -0.2) is 42.7 Å². The van der Waals surface area contributed by atoms with Gasteiger partial charge in [0.15, 0.2) is 5.82 Å². The van der Waals surface area contributed by atoms with Gasteiger partial charge in [0.2, 0.25) is 0 Å². The number of hydrogen-bond acceptors (Lipinski definition) is 4. The molecule has 1 atom stereocenters. The molecule has 1 aliphatic carbocycles. The largest absolute Gasteiger partial charge is 0.299 e. The summed E-state index contributed by atoms with van der Waals surface area (Å²) in [5, 5.41) is 7.71. The van der Waals surface area contributed by atoms with Crippen LogP contribution >= 0.6 is 0 Å². The quantitative estimate of drug-likeness (QED) is 0.541. The van der Waals surface area contributed by atoms with Crippen molar-refractivity contribution in [1.29, 1.82) is 0 Å². The highest BCUT2D eigenvalue weighted by Gasteiger charge is 2.30. The van der Waals surface area contributed by atoms with Gasteiger partial charge in [-0.25, -0.2) is 9.97 Å². The van der Waals surface area contributed by atoms with E-state index >= 15 is 0 Å². The van der Waals surface area contributed by atoms with Crippen molar-refractivity contribution in [3.05, 3.63) is 72.1 Å². The number of rotatable bonds is 5. The average Bonchev–Trinajstić information content (AvgIpc) is 3.36. The van der Waals surface area contributed by atoms with E-state index in [4.69, 9.17) is 4.98 Å². The molecule has 1 saturated carbocycles. The van der Waals surface area contributed by atoms with E-state index in [9.17, 15) is 0 Å². The van der Waals surface area contributed by atoms with Gasteiger partial charge in [-0.15, -0.1) is 0 Å². The molecule has 1 N–H and O–H groups in total. The molecule has 0 bridgehead atoms. The molecule has 6 rings (SSSR count). The Kier molecular flexibility index (Phi) is 4.38. The minimum absolute atomic E-state index is 0.444. The summed E-state index contributed by atoms with van der Waals surface area (Å²) in [7, 11) is 0. The maximum absolute atomic E-state index is 4.80. The maximum Gasteiger partial charge on any atom is 0.155 e. The van der Waals surface area contributed by atoms with Crippen LogP contribution in [0, 0.1) is 0 Å². The lowest BCUT2D eigenvalue weighted by molar-refractivity contribution is 0.196. The van der Waals surface area contributed by atoms with Crippen LogP contribution in [0.4, 0.5) is 0 Å². The number of imidazole rings is 1. The first-order valence-electron chi connectivity index (χ1n) is 11.0. The van der Waals surface area contributed by atoms with E-state index in [0.717, 1.165) is 48.0 Å². The standard InChI is InChI=1S/C24H26N6/c1-2-6-22-21(5-1)25-16-30(22)20-11-7-17(8-12-20)14-29-13-3-4-19(15-29)24-26-23(27-28-24)18-9-10-18/h1-2,5-8,11-12,16,18-19H,3-4,9-10,13-15H2,(H,26,27,28). The minimum Gasteiger partial charge on any atom is -0.299 e. The highest BCUT2D eigenvalue weighted by Crippen LogP contribution is 2.38. The fourth-order valence-corrected chi connectivity index (χ4v) is 4.60. The third kappa shape index (κ3) is 3.41. The third-order valence-electron chi connectivity index (χ3n) is 6.43. The molecule has 3 heterocycles. The molecule has 2 aromatic carbocycles. The van der Waals surface area contributed by atoms with Crippen LogP contribution in [-0.2, 0) is 6.54 Å². The summed E-state index contributed by atoms with van der Waals surface area (Å²) in [5.41, 5.74) is 4.66. The highest BCUT2D eigenvalue weighted by atomic mass is 15.2. The van der Waals surface area contributed by atoms with Gasteiger partial charge in [-0.05, 0) is 62.1 Å². The highest BCUT2D eigenvalue weighted by molar-refractivity contribution is 5.77. The van der Waals surface area contributed by atoms with Crippen molar-refractivity contribution in [1.82, 2.24) is 29.6 Å². The number of fused-ring (bicyclic) bond motifs is 1. The van der Waals surface area contributed by atoms with E-state index in [2.05, 4.69) is 67.1 Å². The Morgan fingerprint density at radius 2 is 1.83 bits per heavy atom. The first kappa shape index (κ1) is 17.8.